The molecule has 1 fully saturated rings. The summed E-state index contributed by atoms with van der Waals surface area (Å²) in [7, 11) is 0. The zero-order valence-electron chi connectivity index (χ0n) is 14.5. The van der Waals surface area contributed by atoms with Crippen molar-refractivity contribution in [2.75, 3.05) is 29.1 Å². The monoisotopic (exact) mass is 408 g/mol. The van der Waals surface area contributed by atoms with Gasteiger partial charge in [0.15, 0.2) is 0 Å². The number of carbonyl (C=O) groups is 1. The number of hydrogen-bond acceptors (Lipinski definition) is 3. The van der Waals surface area contributed by atoms with Crippen molar-refractivity contribution in [1.29, 1.82) is 0 Å². The Kier molecular flexibility index (Phi) is 7.12. The fourth-order valence-corrected chi connectivity index (χ4v) is 4.59. The number of hydrogen-bond donors (Lipinski definition) is 1. The van der Waals surface area contributed by atoms with Crippen LogP contribution in [0, 0.1) is 0 Å². The van der Waals surface area contributed by atoms with Gasteiger partial charge in [0.05, 0.1) is 5.75 Å². The summed E-state index contributed by atoms with van der Waals surface area (Å²) >= 11 is 13.8. The van der Waals surface area contributed by atoms with Crippen LogP contribution in [0.25, 0.3) is 0 Å². The summed E-state index contributed by atoms with van der Waals surface area (Å²) in [6.07, 6.45) is 3.83. The summed E-state index contributed by atoms with van der Waals surface area (Å²) < 4.78 is 0. The minimum Gasteiger partial charge on any atom is -0.372 e. The molecule has 0 bridgehead atoms. The van der Waals surface area contributed by atoms with Crippen LogP contribution in [0.2, 0.25) is 10.0 Å². The van der Waals surface area contributed by atoms with E-state index in [1.807, 2.05) is 30.3 Å². The van der Waals surface area contributed by atoms with E-state index in [1.54, 1.807) is 0 Å². The third kappa shape index (κ3) is 5.32. The average Bonchev–Trinajstić information content (AvgIpc) is 2.65. The van der Waals surface area contributed by atoms with Gasteiger partial charge in [0, 0.05) is 40.3 Å². The van der Waals surface area contributed by atoms with Gasteiger partial charge in [-0.25, -0.2) is 0 Å². The molecular weight excluding hydrogens is 387 g/mol. The Hall–Kier alpha value is -1.36. The Morgan fingerprint density at radius 3 is 2.31 bits per heavy atom. The van der Waals surface area contributed by atoms with Crippen molar-refractivity contribution in [3.63, 3.8) is 0 Å². The van der Waals surface area contributed by atoms with Crippen LogP contribution in [0.3, 0.4) is 0 Å². The lowest BCUT2D eigenvalue weighted by atomic mass is 10.1. The van der Waals surface area contributed by atoms with E-state index < -0.39 is 0 Å². The number of anilines is 2. The molecule has 26 heavy (non-hydrogen) atoms. The summed E-state index contributed by atoms with van der Waals surface area (Å²) in [5, 5.41) is 4.22. The number of benzene rings is 2. The van der Waals surface area contributed by atoms with E-state index in [9.17, 15) is 4.79 Å². The van der Waals surface area contributed by atoms with Gasteiger partial charge in [-0.2, -0.15) is 0 Å². The van der Waals surface area contributed by atoms with Gasteiger partial charge in [0.25, 0.3) is 0 Å². The van der Waals surface area contributed by atoms with Crippen LogP contribution in [0.1, 0.15) is 24.8 Å². The van der Waals surface area contributed by atoms with Crippen molar-refractivity contribution in [1.82, 2.24) is 0 Å². The quantitative estimate of drug-likeness (QED) is 0.649. The van der Waals surface area contributed by atoms with Crippen molar-refractivity contribution in [2.24, 2.45) is 0 Å². The summed E-state index contributed by atoms with van der Waals surface area (Å²) in [6, 6.07) is 13.5. The maximum absolute atomic E-state index is 12.2. The topological polar surface area (TPSA) is 32.3 Å². The van der Waals surface area contributed by atoms with E-state index >= 15 is 0 Å². The largest absolute Gasteiger partial charge is 0.372 e. The average molecular weight is 409 g/mol. The Labute approximate surface area is 169 Å². The third-order valence-corrected chi connectivity index (χ3v) is 6.08. The molecule has 0 aromatic heterocycles. The number of piperidine rings is 1. The van der Waals surface area contributed by atoms with Crippen molar-refractivity contribution in [3.8, 4) is 0 Å². The standard InChI is InChI=1S/C20H22Cl2N2OS/c21-18-5-4-6-19(22)17(18)13-26-14-20(25)23-15-7-9-16(10-8-15)24-11-2-1-3-12-24/h4-10H,1-3,11-14H2,(H,23,25). The predicted octanol–water partition coefficient (Wildman–Crippen LogP) is 5.86. The molecule has 1 aliphatic rings. The molecule has 0 spiro atoms. The zero-order valence-corrected chi connectivity index (χ0v) is 16.8. The maximum Gasteiger partial charge on any atom is 0.234 e. The molecule has 0 saturated carbocycles. The molecule has 1 N–H and O–H groups in total. The van der Waals surface area contributed by atoms with Crippen LogP contribution >= 0.6 is 35.0 Å². The van der Waals surface area contributed by atoms with Crippen molar-refractivity contribution in [3.05, 3.63) is 58.1 Å². The van der Waals surface area contributed by atoms with Crippen LogP contribution in [0.5, 0.6) is 0 Å². The molecule has 1 saturated heterocycles. The van der Waals surface area contributed by atoms with E-state index in [-0.39, 0.29) is 5.91 Å². The second-order valence-electron chi connectivity index (χ2n) is 6.34. The predicted molar refractivity (Wildman–Crippen MR) is 114 cm³/mol. The van der Waals surface area contributed by atoms with E-state index in [0.29, 0.717) is 21.6 Å². The van der Waals surface area contributed by atoms with Crippen molar-refractivity contribution in [2.45, 2.75) is 25.0 Å². The lowest BCUT2D eigenvalue weighted by molar-refractivity contribution is -0.113. The molecule has 3 rings (SSSR count). The third-order valence-electron chi connectivity index (χ3n) is 4.41. The number of thioether (sulfide) groups is 1. The van der Waals surface area contributed by atoms with Crippen molar-refractivity contribution < 1.29 is 4.79 Å². The van der Waals surface area contributed by atoms with Crippen LogP contribution in [-0.4, -0.2) is 24.7 Å². The highest BCUT2D eigenvalue weighted by molar-refractivity contribution is 7.99. The molecule has 2 aromatic rings. The minimum absolute atomic E-state index is 0.0242. The first kappa shape index (κ1) is 19.4. The lowest BCUT2D eigenvalue weighted by Gasteiger charge is -2.28. The van der Waals surface area contributed by atoms with Gasteiger partial charge in [-0.1, -0.05) is 29.3 Å². The first-order valence-corrected chi connectivity index (χ1v) is 10.7. The Balaban J connectivity index is 1.47. The number of amides is 1. The second-order valence-corrected chi connectivity index (χ2v) is 8.14. The molecule has 6 heteroatoms. The number of carbonyl (C=O) groups excluding carboxylic acids is 1. The molecule has 0 atom stereocenters. The lowest BCUT2D eigenvalue weighted by Crippen LogP contribution is -2.29. The second kappa shape index (κ2) is 9.54. The molecule has 3 nitrogen and oxygen atoms in total. The highest BCUT2D eigenvalue weighted by Crippen LogP contribution is 2.28. The molecule has 1 heterocycles. The van der Waals surface area contributed by atoms with Gasteiger partial charge in [-0.05, 0) is 61.2 Å². The van der Waals surface area contributed by atoms with Gasteiger partial charge in [0.2, 0.25) is 5.91 Å². The molecule has 1 amide bonds. The summed E-state index contributed by atoms with van der Waals surface area (Å²) in [5.41, 5.74) is 2.93. The molecule has 1 aliphatic heterocycles. The van der Waals surface area contributed by atoms with Gasteiger partial charge in [0.1, 0.15) is 0 Å². The first-order chi connectivity index (χ1) is 12.6. The smallest absolute Gasteiger partial charge is 0.234 e. The normalized spacial score (nSPS) is 14.3. The fraction of sp³-hybridized carbons (Fsp3) is 0.350. The Morgan fingerprint density at radius 2 is 1.65 bits per heavy atom. The van der Waals surface area contributed by atoms with E-state index in [4.69, 9.17) is 23.2 Å². The molecule has 0 aliphatic carbocycles. The fourth-order valence-electron chi connectivity index (χ4n) is 3.02. The molecular formula is C20H22Cl2N2OS. The highest BCUT2D eigenvalue weighted by Gasteiger charge is 2.11. The van der Waals surface area contributed by atoms with Gasteiger partial charge in [-0.3, -0.25) is 4.79 Å². The molecule has 2 aromatic carbocycles. The minimum atomic E-state index is -0.0242. The number of rotatable bonds is 6. The van der Waals surface area contributed by atoms with Gasteiger partial charge in [-0.15, -0.1) is 11.8 Å². The maximum atomic E-state index is 12.2. The van der Waals surface area contributed by atoms with Gasteiger partial charge < -0.3 is 10.2 Å². The van der Waals surface area contributed by atoms with E-state index in [2.05, 4.69) is 22.3 Å². The van der Waals surface area contributed by atoms with E-state index in [0.717, 1.165) is 24.3 Å². The van der Waals surface area contributed by atoms with Gasteiger partial charge >= 0.3 is 0 Å². The molecule has 0 unspecified atom stereocenters. The SMILES string of the molecule is O=C(CSCc1c(Cl)cccc1Cl)Nc1ccc(N2CCCCC2)cc1. The Bertz CT molecular complexity index is 726. The van der Waals surface area contributed by atoms with Crippen LogP contribution in [0.15, 0.2) is 42.5 Å². The molecule has 138 valence electrons. The number of halogens is 2. The van der Waals surface area contributed by atoms with E-state index in [1.165, 1.54) is 36.7 Å². The first-order valence-electron chi connectivity index (χ1n) is 8.79. The van der Waals surface area contributed by atoms with Crippen LogP contribution in [-0.2, 0) is 10.5 Å². The van der Waals surface area contributed by atoms with Crippen molar-refractivity contribution >= 4 is 52.2 Å². The number of nitrogens with one attached hydrogen (secondary N) is 1. The zero-order chi connectivity index (χ0) is 18.4. The summed E-state index contributed by atoms with van der Waals surface area (Å²) in [5.74, 6) is 0.943. The van der Waals surface area contributed by atoms with Crippen LogP contribution in [0.4, 0.5) is 11.4 Å². The summed E-state index contributed by atoms with van der Waals surface area (Å²) in [6.45, 7) is 2.24. The van der Waals surface area contributed by atoms with Crippen LogP contribution < -0.4 is 10.2 Å². The number of nitrogens with zero attached hydrogens (tertiary/aromatic N) is 1. The molecule has 0 radical (unpaired) electrons. The summed E-state index contributed by atoms with van der Waals surface area (Å²) in [4.78, 5) is 14.6. The highest BCUT2D eigenvalue weighted by atomic mass is 35.5. The Morgan fingerprint density at radius 1 is 1.00 bits per heavy atom.